The Kier molecular flexibility index (Phi) is 11.9. The largest absolute Gasteiger partial charge is 0.490 e. The highest BCUT2D eigenvalue weighted by molar-refractivity contribution is 5.82. The standard InChI is InChI=1S/C29H36O8/c1-5-11-27(32)36-19-21(30)17-34-25-15-9-7-13-23(25)29(3,4)24-14-8-10-16-26(24)35-18-22(31)20-37-28(33)12-6-2/h5-16,21-22,30-31H,17-20H2,1-4H3. The quantitative estimate of drug-likeness (QED) is 0.291. The third-order valence-electron chi connectivity index (χ3n) is 5.42. The molecular formula is C29H36O8. The molecule has 8 nitrogen and oxygen atoms in total. The molecule has 2 aromatic rings. The van der Waals surface area contributed by atoms with E-state index in [1.54, 1.807) is 26.0 Å². The molecule has 0 aliphatic heterocycles. The molecule has 0 fully saturated rings. The molecule has 0 aliphatic rings. The molecule has 2 aromatic carbocycles. The van der Waals surface area contributed by atoms with Crippen molar-refractivity contribution in [2.75, 3.05) is 26.4 Å². The first-order chi connectivity index (χ1) is 17.7. The number of para-hydroxylation sites is 2. The highest BCUT2D eigenvalue weighted by Gasteiger charge is 2.30. The smallest absolute Gasteiger partial charge is 0.330 e. The fraction of sp³-hybridized carbons (Fsp3) is 0.379. The van der Waals surface area contributed by atoms with E-state index >= 15 is 0 Å². The molecule has 0 bridgehead atoms. The van der Waals surface area contributed by atoms with Gasteiger partial charge in [-0.2, -0.15) is 0 Å². The maximum Gasteiger partial charge on any atom is 0.330 e. The average molecular weight is 513 g/mol. The average Bonchev–Trinajstić information content (AvgIpc) is 2.89. The van der Waals surface area contributed by atoms with Gasteiger partial charge in [-0.25, -0.2) is 9.59 Å². The van der Waals surface area contributed by atoms with Crippen LogP contribution in [-0.2, 0) is 24.5 Å². The molecule has 0 spiro atoms. The second-order valence-electron chi connectivity index (χ2n) is 8.81. The summed E-state index contributed by atoms with van der Waals surface area (Å²) in [4.78, 5) is 22.9. The Bertz CT molecular complexity index is 990. The summed E-state index contributed by atoms with van der Waals surface area (Å²) in [5.74, 6) is 0.0793. The van der Waals surface area contributed by atoms with Crippen molar-refractivity contribution in [3.05, 3.63) is 84.0 Å². The molecule has 8 heteroatoms. The van der Waals surface area contributed by atoms with Crippen molar-refractivity contribution in [1.82, 2.24) is 0 Å². The molecule has 0 radical (unpaired) electrons. The van der Waals surface area contributed by atoms with Gasteiger partial charge in [-0.3, -0.25) is 0 Å². The SMILES string of the molecule is CC=CC(=O)OCC(O)COc1ccccc1C(C)(C)c1ccccc1OCC(O)COC(=O)C=CC. The molecule has 200 valence electrons. The first-order valence-electron chi connectivity index (χ1n) is 12.1. The minimum atomic E-state index is -0.996. The molecular weight excluding hydrogens is 476 g/mol. The van der Waals surface area contributed by atoms with Crippen LogP contribution in [0.2, 0.25) is 0 Å². The Balaban J connectivity index is 2.11. The van der Waals surface area contributed by atoms with Crippen molar-refractivity contribution in [3.8, 4) is 11.5 Å². The number of carbonyl (C=O) groups excluding carboxylic acids is 2. The van der Waals surface area contributed by atoms with Crippen LogP contribution in [0, 0.1) is 0 Å². The van der Waals surface area contributed by atoms with E-state index in [1.165, 1.54) is 12.2 Å². The molecule has 0 amide bonds. The van der Waals surface area contributed by atoms with Crippen LogP contribution in [0.3, 0.4) is 0 Å². The van der Waals surface area contributed by atoms with E-state index in [0.717, 1.165) is 11.1 Å². The number of rotatable bonds is 14. The lowest BCUT2D eigenvalue weighted by atomic mass is 9.77. The van der Waals surface area contributed by atoms with Crippen molar-refractivity contribution >= 4 is 11.9 Å². The molecule has 2 unspecified atom stereocenters. The molecule has 37 heavy (non-hydrogen) atoms. The summed E-state index contributed by atoms with van der Waals surface area (Å²) in [5, 5.41) is 20.4. The third kappa shape index (κ3) is 9.40. The fourth-order valence-corrected chi connectivity index (χ4v) is 3.56. The second-order valence-corrected chi connectivity index (χ2v) is 8.81. The summed E-state index contributed by atoms with van der Waals surface area (Å²) in [6.07, 6.45) is 3.69. The number of hydrogen-bond acceptors (Lipinski definition) is 8. The number of hydrogen-bond donors (Lipinski definition) is 2. The van der Waals surface area contributed by atoms with Crippen molar-refractivity contribution in [2.45, 2.75) is 45.3 Å². The topological polar surface area (TPSA) is 112 Å². The molecule has 2 N–H and O–H groups in total. The summed E-state index contributed by atoms with van der Waals surface area (Å²) in [6.45, 7) is 6.94. The number of esters is 2. The van der Waals surface area contributed by atoms with Crippen molar-refractivity contribution in [1.29, 1.82) is 0 Å². The molecule has 0 aromatic heterocycles. The molecule has 2 rings (SSSR count). The first kappa shape index (κ1) is 29.6. The Morgan fingerprint density at radius 2 is 1.11 bits per heavy atom. The van der Waals surface area contributed by atoms with E-state index in [4.69, 9.17) is 18.9 Å². The zero-order valence-corrected chi connectivity index (χ0v) is 21.8. The van der Waals surface area contributed by atoms with Crippen LogP contribution in [0.4, 0.5) is 0 Å². The van der Waals surface area contributed by atoms with E-state index in [-0.39, 0.29) is 26.4 Å². The van der Waals surface area contributed by atoms with E-state index in [2.05, 4.69) is 0 Å². The lowest BCUT2D eigenvalue weighted by Crippen LogP contribution is -2.27. The molecule has 0 saturated heterocycles. The Morgan fingerprint density at radius 3 is 1.49 bits per heavy atom. The van der Waals surface area contributed by atoms with Gasteiger partial charge in [0.15, 0.2) is 0 Å². The zero-order valence-electron chi connectivity index (χ0n) is 21.8. The summed E-state index contributed by atoms with van der Waals surface area (Å²) in [5.41, 5.74) is 1.12. The zero-order chi connectivity index (χ0) is 27.3. The Hall–Kier alpha value is -3.62. The lowest BCUT2D eigenvalue weighted by molar-refractivity contribution is -0.142. The van der Waals surface area contributed by atoms with Gasteiger partial charge in [-0.15, -0.1) is 0 Å². The van der Waals surface area contributed by atoms with Gasteiger partial charge >= 0.3 is 11.9 Å². The van der Waals surface area contributed by atoms with Crippen molar-refractivity contribution in [3.63, 3.8) is 0 Å². The van der Waals surface area contributed by atoms with Crippen molar-refractivity contribution in [2.24, 2.45) is 0 Å². The van der Waals surface area contributed by atoms with Gasteiger partial charge in [-0.1, -0.05) is 62.4 Å². The first-order valence-corrected chi connectivity index (χ1v) is 12.1. The van der Waals surface area contributed by atoms with E-state index in [9.17, 15) is 19.8 Å². The van der Waals surface area contributed by atoms with Crippen LogP contribution in [0.15, 0.2) is 72.8 Å². The number of allylic oxidation sites excluding steroid dienone is 2. The van der Waals surface area contributed by atoms with Crippen LogP contribution in [-0.4, -0.2) is 60.8 Å². The van der Waals surface area contributed by atoms with Crippen LogP contribution in [0.1, 0.15) is 38.8 Å². The number of carbonyl (C=O) groups is 2. The van der Waals surface area contributed by atoms with Crippen LogP contribution < -0.4 is 9.47 Å². The summed E-state index contributed by atoms with van der Waals surface area (Å²) >= 11 is 0. The lowest BCUT2D eigenvalue weighted by Gasteiger charge is -2.30. The van der Waals surface area contributed by atoms with Crippen LogP contribution in [0.25, 0.3) is 0 Å². The highest BCUT2D eigenvalue weighted by atomic mass is 16.6. The van der Waals surface area contributed by atoms with Gasteiger partial charge in [0.05, 0.1) is 0 Å². The second kappa shape index (κ2) is 14.8. The van der Waals surface area contributed by atoms with E-state index < -0.39 is 29.6 Å². The maximum absolute atomic E-state index is 11.5. The maximum atomic E-state index is 11.5. The fourth-order valence-electron chi connectivity index (χ4n) is 3.56. The summed E-state index contributed by atoms with van der Waals surface area (Å²) < 4.78 is 21.8. The summed E-state index contributed by atoms with van der Waals surface area (Å²) in [7, 11) is 0. The van der Waals surface area contributed by atoms with E-state index in [1.807, 2.05) is 62.4 Å². The molecule has 0 heterocycles. The van der Waals surface area contributed by atoms with Gasteiger partial charge in [0, 0.05) is 28.7 Å². The van der Waals surface area contributed by atoms with Gasteiger partial charge in [-0.05, 0) is 26.0 Å². The number of aliphatic hydroxyl groups excluding tert-OH is 2. The Labute approximate surface area is 218 Å². The van der Waals surface area contributed by atoms with Crippen molar-refractivity contribution < 1.29 is 38.7 Å². The van der Waals surface area contributed by atoms with Gasteiger partial charge in [0.1, 0.15) is 50.1 Å². The Morgan fingerprint density at radius 1 is 0.730 bits per heavy atom. The van der Waals surface area contributed by atoms with E-state index in [0.29, 0.717) is 11.5 Å². The minimum Gasteiger partial charge on any atom is -0.490 e. The van der Waals surface area contributed by atoms with Gasteiger partial charge < -0.3 is 29.2 Å². The third-order valence-corrected chi connectivity index (χ3v) is 5.42. The normalized spacial score (nSPS) is 13.4. The van der Waals surface area contributed by atoms with Gasteiger partial charge in [0.2, 0.25) is 0 Å². The number of benzene rings is 2. The van der Waals surface area contributed by atoms with Crippen LogP contribution in [0.5, 0.6) is 11.5 Å². The predicted molar refractivity (Wildman–Crippen MR) is 140 cm³/mol. The number of aliphatic hydroxyl groups is 2. The number of ether oxygens (including phenoxy) is 4. The minimum absolute atomic E-state index is 0.0630. The highest BCUT2D eigenvalue weighted by Crippen LogP contribution is 2.41. The van der Waals surface area contributed by atoms with Crippen LogP contribution >= 0.6 is 0 Å². The molecule has 2 atom stereocenters. The molecule has 0 saturated carbocycles. The molecule has 0 aliphatic carbocycles. The predicted octanol–water partition coefficient (Wildman–Crippen LogP) is 3.73. The van der Waals surface area contributed by atoms with Gasteiger partial charge in [0.25, 0.3) is 0 Å². The summed E-state index contributed by atoms with van der Waals surface area (Å²) in [6, 6.07) is 14.9. The monoisotopic (exact) mass is 512 g/mol.